The molecule has 3 heterocycles. The van der Waals surface area contributed by atoms with Crippen LogP contribution in [0.1, 0.15) is 11.1 Å². The fourth-order valence-corrected chi connectivity index (χ4v) is 3.48. The molecule has 9 nitrogen and oxygen atoms in total. The van der Waals surface area contributed by atoms with Crippen LogP contribution in [0.15, 0.2) is 79.5 Å². The number of nitrogens with one attached hydrogen (secondary N) is 1. The van der Waals surface area contributed by atoms with Crippen molar-refractivity contribution in [2.45, 2.75) is 13.0 Å². The molecule has 0 bridgehead atoms. The number of pyridine rings is 1. The highest BCUT2D eigenvalue weighted by Gasteiger charge is 2.07. The summed E-state index contributed by atoms with van der Waals surface area (Å²) in [5.41, 5.74) is 11.1. The van der Waals surface area contributed by atoms with Gasteiger partial charge in [-0.1, -0.05) is 36.4 Å². The maximum atomic E-state index is 12.5. The van der Waals surface area contributed by atoms with Gasteiger partial charge in [-0.15, -0.1) is 5.10 Å². The van der Waals surface area contributed by atoms with Crippen molar-refractivity contribution in [2.75, 3.05) is 11.1 Å². The summed E-state index contributed by atoms with van der Waals surface area (Å²) in [6.45, 7) is 0.637. The molecule has 3 N–H and O–H groups in total. The second-order valence-corrected chi connectivity index (χ2v) is 7.40. The summed E-state index contributed by atoms with van der Waals surface area (Å²) >= 11 is 0. The lowest BCUT2D eigenvalue weighted by Crippen LogP contribution is -2.14. The van der Waals surface area contributed by atoms with Crippen molar-refractivity contribution in [3.05, 3.63) is 90.6 Å². The van der Waals surface area contributed by atoms with E-state index < -0.39 is 0 Å². The molecule has 0 saturated carbocycles. The lowest BCUT2D eigenvalue weighted by Gasteiger charge is -2.08. The highest BCUT2D eigenvalue weighted by Crippen LogP contribution is 2.21. The summed E-state index contributed by atoms with van der Waals surface area (Å²) in [4.78, 5) is 20.6. The predicted octanol–water partition coefficient (Wildman–Crippen LogP) is 2.80. The van der Waals surface area contributed by atoms with Gasteiger partial charge in [0.25, 0.3) is 0 Å². The van der Waals surface area contributed by atoms with Crippen molar-refractivity contribution in [1.82, 2.24) is 29.4 Å². The molecule has 9 heteroatoms. The van der Waals surface area contributed by atoms with E-state index in [2.05, 4.69) is 25.5 Å². The van der Waals surface area contributed by atoms with E-state index in [0.29, 0.717) is 18.6 Å². The Morgan fingerprint density at radius 3 is 2.50 bits per heavy atom. The van der Waals surface area contributed by atoms with Crippen molar-refractivity contribution in [1.29, 1.82) is 0 Å². The van der Waals surface area contributed by atoms with Crippen molar-refractivity contribution in [3.8, 4) is 11.1 Å². The molecule has 32 heavy (non-hydrogen) atoms. The fraction of sp³-hybridized carbons (Fsp3) is 0.0870. The monoisotopic (exact) mass is 424 g/mol. The zero-order chi connectivity index (χ0) is 21.9. The normalized spacial score (nSPS) is 11.0. The van der Waals surface area contributed by atoms with E-state index in [1.807, 2.05) is 66.9 Å². The highest BCUT2D eigenvalue weighted by molar-refractivity contribution is 5.92. The van der Waals surface area contributed by atoms with Crippen LogP contribution in [0, 0.1) is 0 Å². The highest BCUT2D eigenvalue weighted by atomic mass is 16.1. The van der Waals surface area contributed by atoms with Gasteiger partial charge in [0, 0.05) is 11.9 Å². The molecule has 0 unspecified atom stereocenters. The topological polar surface area (TPSA) is 116 Å². The zero-order valence-corrected chi connectivity index (χ0v) is 17.1. The Bertz CT molecular complexity index is 1360. The molecule has 0 fully saturated rings. The van der Waals surface area contributed by atoms with Crippen LogP contribution in [-0.2, 0) is 17.8 Å². The third-order valence-corrected chi connectivity index (χ3v) is 5.05. The number of nitrogen functional groups attached to an aromatic ring is 1. The van der Waals surface area contributed by atoms with Gasteiger partial charge in [-0.3, -0.25) is 4.79 Å². The van der Waals surface area contributed by atoms with Gasteiger partial charge in [0.15, 0.2) is 5.65 Å². The summed E-state index contributed by atoms with van der Waals surface area (Å²) in [5, 5.41) is 11.1. The van der Waals surface area contributed by atoms with Crippen LogP contribution in [0.5, 0.6) is 0 Å². The van der Waals surface area contributed by atoms with Gasteiger partial charge in [0.1, 0.15) is 12.7 Å². The number of amides is 1. The number of nitrogens with zero attached hydrogens (tertiary/aromatic N) is 6. The second kappa shape index (κ2) is 8.31. The van der Waals surface area contributed by atoms with E-state index in [-0.39, 0.29) is 11.9 Å². The van der Waals surface area contributed by atoms with Crippen LogP contribution in [0.3, 0.4) is 0 Å². The van der Waals surface area contributed by atoms with Crippen LogP contribution >= 0.6 is 0 Å². The maximum Gasteiger partial charge on any atom is 0.240 e. The van der Waals surface area contributed by atoms with E-state index in [0.717, 1.165) is 27.9 Å². The van der Waals surface area contributed by atoms with Gasteiger partial charge in [0.05, 0.1) is 13.0 Å². The number of nitrogens with two attached hydrogens (primary N) is 1. The first kappa shape index (κ1) is 19.4. The van der Waals surface area contributed by atoms with Crippen LogP contribution in [-0.4, -0.2) is 35.3 Å². The van der Waals surface area contributed by atoms with E-state index in [9.17, 15) is 4.79 Å². The van der Waals surface area contributed by atoms with E-state index in [1.165, 1.54) is 6.33 Å². The van der Waals surface area contributed by atoms with E-state index in [4.69, 9.17) is 5.73 Å². The number of benzene rings is 2. The van der Waals surface area contributed by atoms with Crippen LogP contribution in [0.25, 0.3) is 16.8 Å². The Balaban J connectivity index is 1.20. The zero-order valence-electron chi connectivity index (χ0n) is 17.1. The Labute approximate surface area is 183 Å². The molecule has 0 radical (unpaired) electrons. The van der Waals surface area contributed by atoms with Crippen molar-refractivity contribution < 1.29 is 4.79 Å². The van der Waals surface area contributed by atoms with Crippen molar-refractivity contribution in [3.63, 3.8) is 0 Å². The smallest absolute Gasteiger partial charge is 0.240 e. The van der Waals surface area contributed by atoms with Crippen LogP contribution in [0.4, 0.5) is 11.6 Å². The molecular weight excluding hydrogens is 404 g/mol. The Morgan fingerprint density at radius 2 is 1.75 bits per heavy atom. The number of rotatable bonds is 6. The summed E-state index contributed by atoms with van der Waals surface area (Å²) in [5.74, 6) is 0.176. The predicted molar refractivity (Wildman–Crippen MR) is 121 cm³/mol. The number of hydrogen-bond acceptors (Lipinski definition) is 6. The molecule has 0 saturated heterocycles. The minimum absolute atomic E-state index is 0.0675. The number of aromatic nitrogens is 6. The number of hydrogen-bond donors (Lipinski definition) is 2. The van der Waals surface area contributed by atoms with E-state index >= 15 is 0 Å². The Morgan fingerprint density at radius 1 is 0.969 bits per heavy atom. The first-order valence-electron chi connectivity index (χ1n) is 10.0. The standard InChI is InChI=1S/C23H20N8O/c24-23-28-21-12-19(9-10-31(21)29-23)18-5-1-16(2-6-18)11-22(32)27-20-7-3-17(4-8-20)13-30-15-25-14-26-30/h1-10,12,14-15H,11,13H2,(H2,24,29)(H,27,32). The number of fused-ring (bicyclic) bond motifs is 1. The summed E-state index contributed by atoms with van der Waals surface area (Å²) in [7, 11) is 0. The van der Waals surface area contributed by atoms with Gasteiger partial charge in [-0.25, -0.2) is 14.2 Å². The minimum atomic E-state index is -0.0675. The number of carbonyl (C=O) groups is 1. The third kappa shape index (κ3) is 4.31. The Hall–Kier alpha value is -4.53. The number of anilines is 2. The molecule has 5 aromatic rings. The molecule has 0 aliphatic heterocycles. The molecule has 3 aromatic heterocycles. The summed E-state index contributed by atoms with van der Waals surface area (Å²) in [6.07, 6.45) is 5.30. The van der Waals surface area contributed by atoms with Crippen LogP contribution < -0.4 is 11.1 Å². The largest absolute Gasteiger partial charge is 0.366 e. The molecule has 158 valence electrons. The van der Waals surface area contributed by atoms with Gasteiger partial charge < -0.3 is 11.1 Å². The lowest BCUT2D eigenvalue weighted by molar-refractivity contribution is -0.115. The SMILES string of the molecule is Nc1nc2cc(-c3ccc(CC(=O)Nc4ccc(Cn5cncn5)cc4)cc3)ccn2n1. The maximum absolute atomic E-state index is 12.5. The lowest BCUT2D eigenvalue weighted by atomic mass is 10.0. The first-order chi connectivity index (χ1) is 15.6. The third-order valence-electron chi connectivity index (χ3n) is 5.05. The summed E-state index contributed by atoms with van der Waals surface area (Å²) < 4.78 is 3.38. The molecule has 0 aliphatic rings. The molecule has 0 aliphatic carbocycles. The van der Waals surface area contributed by atoms with Crippen molar-refractivity contribution >= 4 is 23.2 Å². The fourth-order valence-electron chi connectivity index (χ4n) is 3.48. The van der Waals surface area contributed by atoms with Gasteiger partial charge in [-0.05, 0) is 46.5 Å². The summed E-state index contributed by atoms with van der Waals surface area (Å²) in [6, 6.07) is 19.5. The molecule has 2 aromatic carbocycles. The van der Waals surface area contributed by atoms with Crippen LogP contribution in [0.2, 0.25) is 0 Å². The van der Waals surface area contributed by atoms with Crippen molar-refractivity contribution in [2.24, 2.45) is 0 Å². The molecule has 0 atom stereocenters. The quantitative estimate of drug-likeness (QED) is 0.433. The number of carbonyl (C=O) groups excluding carboxylic acids is 1. The Kier molecular flexibility index (Phi) is 5.04. The molecule has 0 spiro atoms. The van der Waals surface area contributed by atoms with Gasteiger partial charge >= 0.3 is 0 Å². The van der Waals surface area contributed by atoms with Gasteiger partial charge in [-0.2, -0.15) is 10.1 Å². The van der Waals surface area contributed by atoms with E-state index in [1.54, 1.807) is 15.5 Å². The first-order valence-corrected chi connectivity index (χ1v) is 10.0. The molecule has 1 amide bonds. The second-order valence-electron chi connectivity index (χ2n) is 7.40. The van der Waals surface area contributed by atoms with Gasteiger partial charge in [0.2, 0.25) is 11.9 Å². The average Bonchev–Trinajstić information content (AvgIpc) is 3.43. The minimum Gasteiger partial charge on any atom is -0.366 e. The molecular formula is C23H20N8O. The average molecular weight is 424 g/mol. The molecule has 5 rings (SSSR count).